The first-order valence-corrected chi connectivity index (χ1v) is 11.6. The van der Waals surface area contributed by atoms with Gasteiger partial charge in [-0.15, -0.1) is 0 Å². The fraction of sp³-hybridized carbons (Fsp3) is 0.381. The molecule has 2 aromatic carbocycles. The molecule has 0 unspecified atom stereocenters. The Morgan fingerprint density at radius 3 is 2.23 bits per heavy atom. The van der Waals surface area contributed by atoms with E-state index in [2.05, 4.69) is 4.90 Å². The Kier molecular flexibility index (Phi) is 7.33. The summed E-state index contributed by atoms with van der Waals surface area (Å²) in [5.74, 6) is -0.461. The Balaban J connectivity index is 1.44. The third-order valence-electron chi connectivity index (χ3n) is 5.21. The Labute approximate surface area is 181 Å². The molecule has 9 heteroatoms. The van der Waals surface area contributed by atoms with Gasteiger partial charge in [0, 0.05) is 56.9 Å². The van der Waals surface area contributed by atoms with Gasteiger partial charge in [-0.1, -0.05) is 11.6 Å². The third kappa shape index (κ3) is 5.50. The topological polar surface area (TPSA) is 60.9 Å². The lowest BCUT2D eigenvalue weighted by Crippen LogP contribution is -2.48. The van der Waals surface area contributed by atoms with Gasteiger partial charge in [-0.05, 0) is 55.0 Å². The summed E-state index contributed by atoms with van der Waals surface area (Å²) in [5, 5.41) is 0.693. The highest BCUT2D eigenvalue weighted by Gasteiger charge is 2.23. The van der Waals surface area contributed by atoms with Gasteiger partial charge in [-0.2, -0.15) is 0 Å². The van der Waals surface area contributed by atoms with Crippen LogP contribution in [0.4, 0.5) is 10.1 Å². The van der Waals surface area contributed by atoms with Crippen molar-refractivity contribution in [2.45, 2.75) is 17.7 Å². The zero-order chi connectivity index (χ0) is 21.7. The van der Waals surface area contributed by atoms with Crippen molar-refractivity contribution in [1.29, 1.82) is 0 Å². The Hall–Kier alpha value is -2.16. The van der Waals surface area contributed by atoms with Gasteiger partial charge >= 0.3 is 0 Å². The van der Waals surface area contributed by atoms with E-state index in [1.54, 1.807) is 0 Å². The van der Waals surface area contributed by atoms with Gasteiger partial charge in [-0.25, -0.2) is 17.1 Å². The molecule has 1 amide bonds. The van der Waals surface area contributed by atoms with Crippen LogP contribution in [-0.2, 0) is 14.8 Å². The molecule has 30 heavy (non-hydrogen) atoms. The van der Waals surface area contributed by atoms with Crippen molar-refractivity contribution < 1.29 is 17.6 Å². The van der Waals surface area contributed by atoms with Crippen molar-refractivity contribution in [1.82, 2.24) is 9.21 Å². The maximum absolute atomic E-state index is 13.0. The van der Waals surface area contributed by atoms with E-state index >= 15 is 0 Å². The average Bonchev–Trinajstić information content (AvgIpc) is 2.74. The summed E-state index contributed by atoms with van der Waals surface area (Å²) in [7, 11) is -2.23. The molecule has 0 atom stereocenters. The lowest BCUT2D eigenvalue weighted by atomic mass is 10.2. The second kappa shape index (κ2) is 9.76. The van der Waals surface area contributed by atoms with Crippen molar-refractivity contribution in [3.63, 3.8) is 0 Å². The van der Waals surface area contributed by atoms with Gasteiger partial charge in [0.15, 0.2) is 0 Å². The molecule has 1 saturated heterocycles. The first-order valence-electron chi connectivity index (χ1n) is 9.77. The average molecular weight is 454 g/mol. The number of carbonyl (C=O) groups excluding carboxylic acids is 1. The molecule has 0 spiro atoms. The molecule has 1 heterocycles. The van der Waals surface area contributed by atoms with Crippen LogP contribution in [0.2, 0.25) is 5.02 Å². The maximum atomic E-state index is 13.0. The minimum atomic E-state index is -3.69. The van der Waals surface area contributed by atoms with Gasteiger partial charge in [-0.3, -0.25) is 4.79 Å². The number of amides is 1. The Morgan fingerprint density at radius 2 is 1.63 bits per heavy atom. The molecule has 0 radical (unpaired) electrons. The van der Waals surface area contributed by atoms with Crippen LogP contribution in [0.5, 0.6) is 0 Å². The quantitative estimate of drug-likeness (QED) is 0.645. The molecule has 1 aliphatic heterocycles. The normalized spacial score (nSPS) is 14.9. The second-order valence-electron chi connectivity index (χ2n) is 7.23. The monoisotopic (exact) mass is 453 g/mol. The first kappa shape index (κ1) is 22.5. The van der Waals surface area contributed by atoms with Crippen molar-refractivity contribution in [3.8, 4) is 0 Å². The number of sulfonamides is 1. The van der Waals surface area contributed by atoms with E-state index in [0.29, 0.717) is 24.5 Å². The van der Waals surface area contributed by atoms with E-state index in [4.69, 9.17) is 11.6 Å². The summed E-state index contributed by atoms with van der Waals surface area (Å²) in [5.41, 5.74) is 1.08. The van der Waals surface area contributed by atoms with Gasteiger partial charge in [0.2, 0.25) is 15.9 Å². The van der Waals surface area contributed by atoms with Crippen LogP contribution in [-0.4, -0.2) is 63.3 Å². The number of piperazine rings is 1. The zero-order valence-electron chi connectivity index (χ0n) is 16.8. The van der Waals surface area contributed by atoms with E-state index in [1.807, 2.05) is 29.2 Å². The molecule has 0 bridgehead atoms. The Bertz CT molecular complexity index is 960. The predicted molar refractivity (Wildman–Crippen MR) is 116 cm³/mol. The van der Waals surface area contributed by atoms with Crippen molar-refractivity contribution >= 4 is 33.2 Å². The van der Waals surface area contributed by atoms with Crippen LogP contribution >= 0.6 is 11.6 Å². The van der Waals surface area contributed by atoms with Crippen LogP contribution in [0.3, 0.4) is 0 Å². The summed E-state index contributed by atoms with van der Waals surface area (Å²) >= 11 is 5.93. The van der Waals surface area contributed by atoms with E-state index in [0.717, 1.165) is 30.9 Å². The van der Waals surface area contributed by atoms with Crippen LogP contribution in [0.25, 0.3) is 0 Å². The lowest BCUT2D eigenvalue weighted by Gasteiger charge is -2.36. The fourth-order valence-corrected chi connectivity index (χ4v) is 4.72. The Morgan fingerprint density at radius 1 is 1.03 bits per heavy atom. The smallest absolute Gasteiger partial charge is 0.242 e. The lowest BCUT2D eigenvalue weighted by molar-refractivity contribution is -0.131. The highest BCUT2D eigenvalue weighted by molar-refractivity contribution is 7.89. The zero-order valence-corrected chi connectivity index (χ0v) is 18.4. The van der Waals surface area contributed by atoms with Gasteiger partial charge in [0.1, 0.15) is 5.82 Å². The third-order valence-corrected chi connectivity index (χ3v) is 7.33. The van der Waals surface area contributed by atoms with Crippen LogP contribution in [0, 0.1) is 5.82 Å². The molecular formula is C21H25ClFN3O3S. The molecule has 1 aliphatic rings. The first-order chi connectivity index (χ1) is 14.3. The highest BCUT2D eigenvalue weighted by Crippen LogP contribution is 2.20. The van der Waals surface area contributed by atoms with E-state index in [-0.39, 0.29) is 23.8 Å². The minimum absolute atomic E-state index is 0.0262. The maximum Gasteiger partial charge on any atom is 0.242 e. The fourth-order valence-electron chi connectivity index (χ4n) is 3.38. The minimum Gasteiger partial charge on any atom is -0.368 e. The molecule has 0 aromatic heterocycles. The van der Waals surface area contributed by atoms with Gasteiger partial charge in [0.05, 0.1) is 4.90 Å². The number of anilines is 1. The standard InChI is InChI=1S/C21H25ClFN3O3S/c1-24(30(28,29)20-10-6-18(23)7-11-20)12-2-3-21(27)26-15-13-25(14-16-26)19-8-4-17(22)5-9-19/h4-11H,2-3,12-16H2,1H3. The molecule has 0 saturated carbocycles. The summed E-state index contributed by atoms with van der Waals surface area (Å²) in [4.78, 5) is 16.6. The molecular weight excluding hydrogens is 429 g/mol. The molecule has 1 fully saturated rings. The van der Waals surface area contributed by atoms with E-state index in [1.165, 1.54) is 23.5 Å². The van der Waals surface area contributed by atoms with E-state index < -0.39 is 15.8 Å². The number of benzene rings is 2. The van der Waals surface area contributed by atoms with Crippen LogP contribution in [0.15, 0.2) is 53.4 Å². The summed E-state index contributed by atoms with van der Waals surface area (Å²) in [6.07, 6.45) is 0.706. The molecule has 6 nitrogen and oxygen atoms in total. The molecule has 0 N–H and O–H groups in total. The number of carbonyl (C=O) groups is 1. The number of hydrogen-bond acceptors (Lipinski definition) is 4. The van der Waals surface area contributed by atoms with Crippen molar-refractivity contribution in [2.24, 2.45) is 0 Å². The van der Waals surface area contributed by atoms with Crippen LogP contribution in [0.1, 0.15) is 12.8 Å². The van der Waals surface area contributed by atoms with Gasteiger partial charge in [0.25, 0.3) is 0 Å². The van der Waals surface area contributed by atoms with Crippen molar-refractivity contribution in [2.75, 3.05) is 44.7 Å². The number of rotatable bonds is 7. The molecule has 0 aliphatic carbocycles. The molecule has 2 aromatic rings. The highest BCUT2D eigenvalue weighted by atomic mass is 35.5. The second-order valence-corrected chi connectivity index (χ2v) is 9.71. The van der Waals surface area contributed by atoms with Gasteiger partial charge < -0.3 is 9.80 Å². The predicted octanol–water partition coefficient (Wildman–Crippen LogP) is 3.23. The molecule has 162 valence electrons. The SMILES string of the molecule is CN(CCCC(=O)N1CCN(c2ccc(Cl)cc2)CC1)S(=O)(=O)c1ccc(F)cc1. The largest absolute Gasteiger partial charge is 0.368 e. The summed E-state index contributed by atoms with van der Waals surface area (Å²) in [6, 6.07) is 12.4. The molecule has 3 rings (SSSR count). The summed E-state index contributed by atoms with van der Waals surface area (Å²) in [6.45, 7) is 2.96. The summed E-state index contributed by atoms with van der Waals surface area (Å²) < 4.78 is 39.2. The van der Waals surface area contributed by atoms with Crippen molar-refractivity contribution in [3.05, 3.63) is 59.4 Å². The van der Waals surface area contributed by atoms with Crippen LogP contribution < -0.4 is 4.90 Å². The number of hydrogen-bond donors (Lipinski definition) is 0. The number of halogens is 2. The number of nitrogens with zero attached hydrogens (tertiary/aromatic N) is 3. The van der Waals surface area contributed by atoms with E-state index in [9.17, 15) is 17.6 Å².